The monoisotopic (exact) mass is 387 g/mol. The first-order valence-corrected chi connectivity index (χ1v) is 8.91. The largest absolute Gasteiger partial charge is 0.463 e. The van der Waals surface area contributed by atoms with Crippen molar-refractivity contribution in [3.8, 4) is 0 Å². The fraction of sp³-hybridized carbons (Fsp3) is 0.778. The first kappa shape index (κ1) is 22.9. The Morgan fingerprint density at radius 1 is 0.889 bits per heavy atom. The fourth-order valence-corrected chi connectivity index (χ4v) is 3.09. The third kappa shape index (κ3) is 7.54. The predicted octanol–water partition coefficient (Wildman–Crippen LogP) is 0.731. The van der Waals surface area contributed by atoms with E-state index in [2.05, 4.69) is 5.32 Å². The Hall–Kier alpha value is -2.16. The molecule has 154 valence electrons. The molecule has 0 aromatic heterocycles. The van der Waals surface area contributed by atoms with Crippen molar-refractivity contribution in [2.24, 2.45) is 5.92 Å². The predicted molar refractivity (Wildman–Crippen MR) is 93.5 cm³/mol. The van der Waals surface area contributed by atoms with Crippen molar-refractivity contribution in [2.45, 2.75) is 78.4 Å². The van der Waals surface area contributed by atoms with Crippen LogP contribution in [0, 0.1) is 5.92 Å². The average Bonchev–Trinajstić information content (AvgIpc) is 2.49. The SMILES string of the molecule is CC(=O)N[C@@H]1[C@@H](OC(C)=O)[C@H](OC(C)=O)[C@@H](COC(C)=O)O[C@H]1CC(C)C. The Bertz CT molecular complexity index is 562. The van der Waals surface area contributed by atoms with Gasteiger partial charge >= 0.3 is 17.9 Å². The van der Waals surface area contributed by atoms with E-state index in [1.54, 1.807) is 0 Å². The molecule has 1 amide bonds. The van der Waals surface area contributed by atoms with E-state index in [4.69, 9.17) is 18.9 Å². The topological polar surface area (TPSA) is 117 Å². The zero-order valence-corrected chi connectivity index (χ0v) is 16.6. The lowest BCUT2D eigenvalue weighted by Gasteiger charge is -2.45. The Balaban J connectivity index is 3.27. The van der Waals surface area contributed by atoms with E-state index in [0.29, 0.717) is 6.42 Å². The summed E-state index contributed by atoms with van der Waals surface area (Å²) in [5.41, 5.74) is 0. The van der Waals surface area contributed by atoms with Gasteiger partial charge in [-0.2, -0.15) is 0 Å². The highest BCUT2D eigenvalue weighted by Crippen LogP contribution is 2.30. The third-order valence-corrected chi connectivity index (χ3v) is 3.92. The molecule has 1 saturated heterocycles. The maximum absolute atomic E-state index is 11.7. The van der Waals surface area contributed by atoms with Gasteiger partial charge in [0.2, 0.25) is 5.91 Å². The molecular weight excluding hydrogens is 358 g/mol. The third-order valence-electron chi connectivity index (χ3n) is 3.92. The maximum atomic E-state index is 11.7. The van der Waals surface area contributed by atoms with Crippen LogP contribution in [0.2, 0.25) is 0 Å². The van der Waals surface area contributed by atoms with Crippen LogP contribution in [0.15, 0.2) is 0 Å². The van der Waals surface area contributed by atoms with Gasteiger partial charge in [0.25, 0.3) is 0 Å². The van der Waals surface area contributed by atoms with Gasteiger partial charge < -0.3 is 24.3 Å². The second-order valence-corrected chi connectivity index (χ2v) is 7.02. The van der Waals surface area contributed by atoms with Crippen LogP contribution in [0.25, 0.3) is 0 Å². The van der Waals surface area contributed by atoms with Crippen LogP contribution in [0.5, 0.6) is 0 Å². The second kappa shape index (κ2) is 10.2. The van der Waals surface area contributed by atoms with Crippen molar-refractivity contribution in [2.75, 3.05) is 6.61 Å². The molecule has 0 aromatic carbocycles. The molecule has 9 heteroatoms. The summed E-state index contributed by atoms with van der Waals surface area (Å²) < 4.78 is 21.8. The summed E-state index contributed by atoms with van der Waals surface area (Å²) in [5, 5.41) is 2.74. The van der Waals surface area contributed by atoms with Crippen molar-refractivity contribution < 1.29 is 38.1 Å². The van der Waals surface area contributed by atoms with Gasteiger partial charge in [0.1, 0.15) is 12.7 Å². The smallest absolute Gasteiger partial charge is 0.303 e. The number of hydrogen-bond donors (Lipinski definition) is 1. The van der Waals surface area contributed by atoms with Gasteiger partial charge in [-0.15, -0.1) is 0 Å². The summed E-state index contributed by atoms with van der Waals surface area (Å²) in [5.74, 6) is -1.85. The normalized spacial score (nSPS) is 27.6. The van der Waals surface area contributed by atoms with Gasteiger partial charge in [0.15, 0.2) is 12.2 Å². The molecule has 1 heterocycles. The number of carbonyl (C=O) groups excluding carboxylic acids is 4. The molecule has 0 aliphatic carbocycles. The van der Waals surface area contributed by atoms with E-state index in [-0.39, 0.29) is 18.4 Å². The Kier molecular flexibility index (Phi) is 8.68. The van der Waals surface area contributed by atoms with Crippen LogP contribution in [-0.2, 0) is 38.1 Å². The van der Waals surface area contributed by atoms with Crippen LogP contribution in [0.3, 0.4) is 0 Å². The molecule has 0 unspecified atom stereocenters. The quantitative estimate of drug-likeness (QED) is 0.502. The molecule has 9 nitrogen and oxygen atoms in total. The summed E-state index contributed by atoms with van der Waals surface area (Å²) >= 11 is 0. The van der Waals surface area contributed by atoms with Gasteiger partial charge in [-0.05, 0) is 12.3 Å². The highest BCUT2D eigenvalue weighted by molar-refractivity contribution is 5.73. The van der Waals surface area contributed by atoms with Gasteiger partial charge in [-0.25, -0.2) is 0 Å². The van der Waals surface area contributed by atoms with E-state index in [0.717, 1.165) is 0 Å². The Morgan fingerprint density at radius 3 is 1.89 bits per heavy atom. The van der Waals surface area contributed by atoms with Gasteiger partial charge in [-0.1, -0.05) is 13.8 Å². The molecule has 1 aliphatic heterocycles. The summed E-state index contributed by atoms with van der Waals surface area (Å²) in [4.78, 5) is 46.2. The van der Waals surface area contributed by atoms with Crippen LogP contribution in [0.1, 0.15) is 48.0 Å². The van der Waals surface area contributed by atoms with Gasteiger partial charge in [-0.3, -0.25) is 19.2 Å². The molecule has 0 radical (unpaired) electrons. The van der Waals surface area contributed by atoms with E-state index >= 15 is 0 Å². The zero-order valence-electron chi connectivity index (χ0n) is 16.6. The average molecular weight is 387 g/mol. The summed E-state index contributed by atoms with van der Waals surface area (Å²) in [6.45, 7) is 8.81. The number of hydrogen-bond acceptors (Lipinski definition) is 8. The summed E-state index contributed by atoms with van der Waals surface area (Å²) in [6, 6.07) is -0.716. The minimum atomic E-state index is -1.04. The number of amides is 1. The second-order valence-electron chi connectivity index (χ2n) is 7.02. The zero-order chi connectivity index (χ0) is 20.7. The maximum Gasteiger partial charge on any atom is 0.303 e. The lowest BCUT2D eigenvalue weighted by Crippen LogP contribution is -2.66. The van der Waals surface area contributed by atoms with Crippen molar-refractivity contribution in [3.05, 3.63) is 0 Å². The lowest BCUT2D eigenvalue weighted by molar-refractivity contribution is -0.225. The molecule has 1 aliphatic rings. The van der Waals surface area contributed by atoms with Crippen molar-refractivity contribution in [1.82, 2.24) is 5.32 Å². The van der Waals surface area contributed by atoms with Crippen LogP contribution in [0.4, 0.5) is 0 Å². The molecule has 0 aromatic rings. The minimum absolute atomic E-state index is 0.174. The highest BCUT2D eigenvalue weighted by atomic mass is 16.6. The van der Waals surface area contributed by atoms with Crippen molar-refractivity contribution >= 4 is 23.8 Å². The summed E-state index contributed by atoms with van der Waals surface area (Å²) in [7, 11) is 0. The number of esters is 3. The minimum Gasteiger partial charge on any atom is -0.463 e. The van der Waals surface area contributed by atoms with Crippen LogP contribution < -0.4 is 5.32 Å². The first-order valence-electron chi connectivity index (χ1n) is 8.91. The number of carbonyl (C=O) groups is 4. The number of ether oxygens (including phenoxy) is 4. The summed E-state index contributed by atoms with van der Waals surface area (Å²) in [6.07, 6.45) is -2.83. The standard InChI is InChI=1S/C18H29NO8/c1-9(2)7-14-16(19-10(3)20)18(26-13(6)23)17(25-12(5)22)15(27-14)8-24-11(4)21/h9,14-18H,7-8H2,1-6H3,(H,19,20)/t14-,15+,16-,17+,18+/m0/s1. The lowest BCUT2D eigenvalue weighted by atomic mass is 9.88. The molecular formula is C18H29NO8. The molecule has 5 atom stereocenters. The molecule has 1 rings (SSSR count). The fourth-order valence-electron chi connectivity index (χ4n) is 3.09. The van der Waals surface area contributed by atoms with E-state index in [1.807, 2.05) is 13.8 Å². The Labute approximate surface area is 159 Å². The molecule has 1 N–H and O–H groups in total. The Morgan fingerprint density at radius 2 is 1.44 bits per heavy atom. The van der Waals surface area contributed by atoms with E-state index < -0.39 is 48.4 Å². The van der Waals surface area contributed by atoms with Gasteiger partial charge in [0, 0.05) is 27.7 Å². The van der Waals surface area contributed by atoms with Crippen LogP contribution in [-0.4, -0.2) is 60.9 Å². The molecule has 0 bridgehead atoms. The van der Waals surface area contributed by atoms with Crippen molar-refractivity contribution in [3.63, 3.8) is 0 Å². The highest BCUT2D eigenvalue weighted by Gasteiger charge is 2.50. The number of rotatable bonds is 7. The van der Waals surface area contributed by atoms with Crippen molar-refractivity contribution in [1.29, 1.82) is 0 Å². The first-order chi connectivity index (χ1) is 12.5. The molecule has 27 heavy (non-hydrogen) atoms. The van der Waals surface area contributed by atoms with E-state index in [1.165, 1.54) is 27.7 Å². The molecule has 0 saturated carbocycles. The number of nitrogens with one attached hydrogen (secondary N) is 1. The van der Waals surface area contributed by atoms with E-state index in [9.17, 15) is 19.2 Å². The van der Waals surface area contributed by atoms with Gasteiger partial charge in [0.05, 0.1) is 12.1 Å². The molecule has 1 fully saturated rings. The van der Waals surface area contributed by atoms with Crippen LogP contribution >= 0.6 is 0 Å². The molecule has 0 spiro atoms.